The van der Waals surface area contributed by atoms with Gasteiger partial charge in [-0.05, 0) is 28.1 Å². The van der Waals surface area contributed by atoms with Gasteiger partial charge >= 0.3 is 6.18 Å². The highest BCUT2D eigenvalue weighted by atomic mass is 19.4. The normalized spacial score (nSPS) is 12.6. The van der Waals surface area contributed by atoms with Crippen LogP contribution in [0.15, 0.2) is 55.0 Å². The molecule has 0 unspecified atom stereocenters. The predicted octanol–water partition coefficient (Wildman–Crippen LogP) is 2.51. The Morgan fingerprint density at radius 3 is 2.50 bits per heavy atom. The summed E-state index contributed by atoms with van der Waals surface area (Å²) in [5, 5.41) is 13.3. The number of rotatable bonds is 5. The Bertz CT molecular complexity index is 850. The molecule has 0 bridgehead atoms. The van der Waals surface area contributed by atoms with E-state index in [-0.39, 0.29) is 5.82 Å². The van der Waals surface area contributed by atoms with Crippen molar-refractivity contribution >= 4 is 11.7 Å². The number of anilines is 1. The number of hydrogen-bond acceptors (Lipinski definition) is 5. The Labute approximate surface area is 145 Å². The molecule has 1 amide bonds. The van der Waals surface area contributed by atoms with E-state index >= 15 is 0 Å². The number of aromatic nitrogens is 5. The summed E-state index contributed by atoms with van der Waals surface area (Å²) in [5.41, 5.74) is -0.0136. The highest BCUT2D eigenvalue weighted by Crippen LogP contribution is 2.29. The lowest BCUT2D eigenvalue weighted by molar-refractivity contribution is -0.137. The quantitative estimate of drug-likeness (QED) is 0.754. The second-order valence-corrected chi connectivity index (χ2v) is 5.41. The number of alkyl halides is 3. The molecule has 0 saturated heterocycles. The van der Waals surface area contributed by atoms with Crippen LogP contribution in [0.1, 0.15) is 17.2 Å². The molecule has 0 spiro atoms. The van der Waals surface area contributed by atoms with E-state index in [1.807, 2.05) is 30.3 Å². The molecular weight excluding hydrogens is 349 g/mol. The maximum Gasteiger partial charge on any atom is 0.417 e. The van der Waals surface area contributed by atoms with Gasteiger partial charge in [0, 0.05) is 12.6 Å². The van der Waals surface area contributed by atoms with Crippen molar-refractivity contribution in [3.05, 3.63) is 66.1 Å². The summed E-state index contributed by atoms with van der Waals surface area (Å²) >= 11 is 0. The standard InChI is InChI=1S/C16H13F3N6O/c17-16(18,19)12-6-7-14(20-9-12)22-15(26)13(25-10-21-23-24-25)8-11-4-2-1-3-5-11/h1-7,9-10,13H,8H2,(H,20,22,26)/t13-/m0/s1. The highest BCUT2D eigenvalue weighted by molar-refractivity contribution is 5.93. The molecule has 1 atom stereocenters. The number of halogens is 3. The van der Waals surface area contributed by atoms with Crippen molar-refractivity contribution in [3.8, 4) is 0 Å². The molecule has 0 aliphatic carbocycles. The lowest BCUT2D eigenvalue weighted by Gasteiger charge is -2.16. The highest BCUT2D eigenvalue weighted by Gasteiger charge is 2.31. The summed E-state index contributed by atoms with van der Waals surface area (Å²) in [7, 11) is 0. The van der Waals surface area contributed by atoms with Crippen molar-refractivity contribution in [2.45, 2.75) is 18.6 Å². The van der Waals surface area contributed by atoms with Crippen molar-refractivity contribution in [1.29, 1.82) is 0 Å². The zero-order chi connectivity index (χ0) is 18.6. The molecule has 1 aromatic carbocycles. The van der Waals surface area contributed by atoms with Gasteiger partial charge in [0.1, 0.15) is 18.2 Å². The zero-order valence-electron chi connectivity index (χ0n) is 13.3. The minimum Gasteiger partial charge on any atom is -0.309 e. The fraction of sp³-hybridized carbons (Fsp3) is 0.188. The van der Waals surface area contributed by atoms with Gasteiger partial charge in [0.2, 0.25) is 0 Å². The molecule has 2 heterocycles. The molecule has 0 aliphatic rings. The van der Waals surface area contributed by atoms with Gasteiger partial charge in [-0.25, -0.2) is 9.67 Å². The summed E-state index contributed by atoms with van der Waals surface area (Å²) in [6.45, 7) is 0. The molecule has 0 radical (unpaired) electrons. The number of pyridine rings is 1. The number of hydrogen-bond donors (Lipinski definition) is 1. The molecule has 2 aromatic heterocycles. The number of amides is 1. The summed E-state index contributed by atoms with van der Waals surface area (Å²) in [6.07, 6.45) is -2.22. The van der Waals surface area contributed by atoms with Crippen LogP contribution in [0, 0.1) is 0 Å². The smallest absolute Gasteiger partial charge is 0.309 e. The average Bonchev–Trinajstić information content (AvgIpc) is 3.14. The van der Waals surface area contributed by atoms with E-state index in [2.05, 4.69) is 25.8 Å². The molecular formula is C16H13F3N6O. The third-order valence-electron chi connectivity index (χ3n) is 3.60. The third kappa shape index (κ3) is 4.21. The van der Waals surface area contributed by atoms with Crippen LogP contribution in [0.3, 0.4) is 0 Å². The van der Waals surface area contributed by atoms with E-state index in [1.54, 1.807) is 0 Å². The van der Waals surface area contributed by atoms with Gasteiger partial charge in [-0.15, -0.1) is 5.10 Å². The molecule has 134 valence electrons. The topological polar surface area (TPSA) is 85.6 Å². The largest absolute Gasteiger partial charge is 0.417 e. The molecule has 3 rings (SSSR count). The van der Waals surface area contributed by atoms with Crippen molar-refractivity contribution in [3.63, 3.8) is 0 Å². The van der Waals surface area contributed by atoms with Gasteiger partial charge in [-0.3, -0.25) is 4.79 Å². The van der Waals surface area contributed by atoms with Crippen LogP contribution in [0.25, 0.3) is 0 Å². The summed E-state index contributed by atoms with van der Waals surface area (Å²) in [4.78, 5) is 16.3. The lowest BCUT2D eigenvalue weighted by Crippen LogP contribution is -2.28. The summed E-state index contributed by atoms with van der Waals surface area (Å²) in [6, 6.07) is 10.4. The van der Waals surface area contributed by atoms with Crippen LogP contribution >= 0.6 is 0 Å². The number of nitrogens with one attached hydrogen (secondary N) is 1. The van der Waals surface area contributed by atoms with Gasteiger partial charge in [0.15, 0.2) is 0 Å². The van der Waals surface area contributed by atoms with Crippen molar-refractivity contribution in [1.82, 2.24) is 25.2 Å². The molecule has 3 aromatic rings. The van der Waals surface area contributed by atoms with Crippen LogP contribution in [-0.2, 0) is 17.4 Å². The first-order chi connectivity index (χ1) is 12.4. The van der Waals surface area contributed by atoms with Crippen LogP contribution in [-0.4, -0.2) is 31.1 Å². The van der Waals surface area contributed by atoms with E-state index in [0.29, 0.717) is 12.6 Å². The zero-order valence-corrected chi connectivity index (χ0v) is 13.3. The Hall–Kier alpha value is -3.30. The van der Waals surface area contributed by atoms with E-state index in [4.69, 9.17) is 0 Å². The summed E-state index contributed by atoms with van der Waals surface area (Å²) in [5.74, 6) is -0.484. The first-order valence-corrected chi connectivity index (χ1v) is 7.54. The molecule has 0 aliphatic heterocycles. The first kappa shape index (κ1) is 17.5. The monoisotopic (exact) mass is 362 g/mol. The van der Waals surface area contributed by atoms with Gasteiger partial charge in [-0.1, -0.05) is 30.3 Å². The third-order valence-corrected chi connectivity index (χ3v) is 3.60. The van der Waals surface area contributed by atoms with Gasteiger partial charge in [0.05, 0.1) is 5.56 Å². The van der Waals surface area contributed by atoms with Crippen molar-refractivity contribution in [2.75, 3.05) is 5.32 Å². The Kier molecular flexibility index (Phi) is 4.92. The van der Waals surface area contributed by atoms with Gasteiger partial charge < -0.3 is 5.32 Å². The van der Waals surface area contributed by atoms with Crippen molar-refractivity contribution in [2.24, 2.45) is 0 Å². The van der Waals surface area contributed by atoms with Gasteiger partial charge in [-0.2, -0.15) is 13.2 Å². The number of nitrogens with zero attached hydrogens (tertiary/aromatic N) is 5. The minimum absolute atomic E-state index is 0.00846. The minimum atomic E-state index is -4.49. The van der Waals surface area contributed by atoms with E-state index in [0.717, 1.165) is 17.7 Å². The predicted molar refractivity (Wildman–Crippen MR) is 84.9 cm³/mol. The second kappa shape index (κ2) is 7.30. The molecule has 7 nitrogen and oxygen atoms in total. The Morgan fingerprint density at radius 1 is 1.15 bits per heavy atom. The second-order valence-electron chi connectivity index (χ2n) is 5.41. The fourth-order valence-corrected chi connectivity index (χ4v) is 2.30. The molecule has 26 heavy (non-hydrogen) atoms. The number of benzene rings is 1. The van der Waals surface area contributed by atoms with Crippen LogP contribution in [0.2, 0.25) is 0 Å². The Balaban J connectivity index is 1.77. The maximum atomic E-state index is 12.6. The number of carbonyl (C=O) groups is 1. The van der Waals surface area contributed by atoms with E-state index in [1.165, 1.54) is 11.0 Å². The summed E-state index contributed by atoms with van der Waals surface area (Å²) < 4.78 is 39.0. The van der Waals surface area contributed by atoms with Crippen LogP contribution < -0.4 is 5.32 Å². The van der Waals surface area contributed by atoms with E-state index in [9.17, 15) is 18.0 Å². The Morgan fingerprint density at radius 2 is 1.92 bits per heavy atom. The van der Waals surface area contributed by atoms with Crippen molar-refractivity contribution < 1.29 is 18.0 Å². The maximum absolute atomic E-state index is 12.6. The number of carbonyl (C=O) groups excluding carboxylic acids is 1. The van der Waals surface area contributed by atoms with Crippen LogP contribution in [0.4, 0.5) is 19.0 Å². The first-order valence-electron chi connectivity index (χ1n) is 7.54. The average molecular weight is 362 g/mol. The van der Waals surface area contributed by atoms with Crippen LogP contribution in [0.5, 0.6) is 0 Å². The molecule has 0 fully saturated rings. The van der Waals surface area contributed by atoms with Gasteiger partial charge in [0.25, 0.3) is 5.91 Å². The fourth-order valence-electron chi connectivity index (χ4n) is 2.30. The van der Waals surface area contributed by atoms with E-state index < -0.39 is 23.7 Å². The SMILES string of the molecule is O=C(Nc1ccc(C(F)(F)F)cn1)[C@H](Cc1ccccc1)n1cnnn1. The number of tetrazole rings is 1. The lowest BCUT2D eigenvalue weighted by atomic mass is 10.1. The molecule has 10 heteroatoms. The molecule has 1 N–H and O–H groups in total. The molecule has 0 saturated carbocycles.